The zero-order valence-corrected chi connectivity index (χ0v) is 13.8. The maximum absolute atomic E-state index is 12.2. The Hall–Kier alpha value is -1.85. The number of likely N-dealkylation sites (tertiary alicyclic amines) is 1. The number of nitrogens with one attached hydrogen (secondary N) is 1. The van der Waals surface area contributed by atoms with E-state index in [2.05, 4.69) is 24.3 Å². The zero-order chi connectivity index (χ0) is 16.1. The number of hydrogen-bond donors (Lipinski definition) is 1. The van der Waals surface area contributed by atoms with Crippen molar-refractivity contribution in [3.8, 4) is 0 Å². The van der Waals surface area contributed by atoms with Gasteiger partial charge in [-0.15, -0.1) is 0 Å². The van der Waals surface area contributed by atoms with Gasteiger partial charge < -0.3 is 10.2 Å². The van der Waals surface area contributed by atoms with Crippen LogP contribution in [0.15, 0.2) is 6.07 Å². The third-order valence-corrected chi connectivity index (χ3v) is 3.86. The molecule has 1 N–H and O–H groups in total. The summed E-state index contributed by atoms with van der Waals surface area (Å²) < 4.78 is 1.61. The number of carbonyl (C=O) groups excluding carboxylic acids is 2. The van der Waals surface area contributed by atoms with Crippen LogP contribution in [0.1, 0.15) is 49.3 Å². The second-order valence-corrected chi connectivity index (χ2v) is 6.34. The van der Waals surface area contributed by atoms with E-state index in [1.54, 1.807) is 11.7 Å². The molecule has 22 heavy (non-hydrogen) atoms. The Morgan fingerprint density at radius 2 is 2.00 bits per heavy atom. The van der Waals surface area contributed by atoms with E-state index in [0.29, 0.717) is 24.6 Å². The molecule has 1 aliphatic rings. The molecule has 1 saturated heterocycles. The lowest BCUT2D eigenvalue weighted by Crippen LogP contribution is -2.33. The molecule has 0 unspecified atom stereocenters. The summed E-state index contributed by atoms with van der Waals surface area (Å²) in [4.78, 5) is 26.0. The molecular formula is C16H26N4O2. The van der Waals surface area contributed by atoms with Crippen LogP contribution in [0, 0.1) is 5.92 Å². The van der Waals surface area contributed by atoms with Crippen LogP contribution >= 0.6 is 0 Å². The van der Waals surface area contributed by atoms with Gasteiger partial charge in [-0.3, -0.25) is 14.3 Å². The Kier molecular flexibility index (Phi) is 5.57. The van der Waals surface area contributed by atoms with Crippen molar-refractivity contribution in [3.63, 3.8) is 0 Å². The Morgan fingerprint density at radius 3 is 2.64 bits per heavy atom. The number of hydrogen-bond acceptors (Lipinski definition) is 3. The molecule has 0 aliphatic carbocycles. The lowest BCUT2D eigenvalue weighted by Gasteiger charge is -2.15. The predicted molar refractivity (Wildman–Crippen MR) is 84.5 cm³/mol. The van der Waals surface area contributed by atoms with E-state index < -0.39 is 0 Å². The fourth-order valence-electron chi connectivity index (χ4n) is 2.76. The number of carbonyl (C=O) groups is 2. The molecule has 6 heteroatoms. The molecule has 1 aromatic rings. The topological polar surface area (TPSA) is 67.2 Å². The fraction of sp³-hybridized carbons (Fsp3) is 0.688. The highest BCUT2D eigenvalue weighted by Crippen LogP contribution is 2.10. The zero-order valence-electron chi connectivity index (χ0n) is 13.8. The molecule has 0 bridgehead atoms. The summed E-state index contributed by atoms with van der Waals surface area (Å²) >= 11 is 0. The Bertz CT molecular complexity index is 530. The van der Waals surface area contributed by atoms with Gasteiger partial charge >= 0.3 is 0 Å². The van der Waals surface area contributed by atoms with E-state index in [-0.39, 0.29) is 11.8 Å². The quantitative estimate of drug-likeness (QED) is 0.863. The van der Waals surface area contributed by atoms with Crippen LogP contribution in [-0.2, 0) is 18.3 Å². The minimum Gasteiger partial charge on any atom is -0.350 e. The average molecular weight is 306 g/mol. The van der Waals surface area contributed by atoms with E-state index >= 15 is 0 Å². The number of aryl methyl sites for hydroxylation is 1. The van der Waals surface area contributed by atoms with E-state index in [1.807, 2.05) is 11.0 Å². The number of aromatic nitrogens is 2. The molecule has 2 amide bonds. The first-order valence-corrected chi connectivity index (χ1v) is 8.06. The van der Waals surface area contributed by atoms with E-state index in [4.69, 9.17) is 0 Å². The maximum Gasteiger partial charge on any atom is 0.269 e. The van der Waals surface area contributed by atoms with E-state index in [1.165, 1.54) is 0 Å². The second kappa shape index (κ2) is 7.42. The molecule has 0 aromatic carbocycles. The minimum absolute atomic E-state index is 0.128. The van der Waals surface area contributed by atoms with Crippen molar-refractivity contribution >= 4 is 11.8 Å². The van der Waals surface area contributed by atoms with Crippen LogP contribution in [0.5, 0.6) is 0 Å². The molecule has 6 nitrogen and oxygen atoms in total. The molecule has 0 saturated carbocycles. The first-order valence-electron chi connectivity index (χ1n) is 8.06. The van der Waals surface area contributed by atoms with Crippen molar-refractivity contribution in [1.29, 1.82) is 0 Å². The van der Waals surface area contributed by atoms with Gasteiger partial charge in [0.1, 0.15) is 5.69 Å². The van der Waals surface area contributed by atoms with Crippen LogP contribution in [0.2, 0.25) is 0 Å². The molecule has 1 aromatic heterocycles. The first kappa shape index (κ1) is 16.5. The van der Waals surface area contributed by atoms with Gasteiger partial charge in [-0.05, 0) is 31.2 Å². The second-order valence-electron chi connectivity index (χ2n) is 6.34. The van der Waals surface area contributed by atoms with Crippen molar-refractivity contribution in [2.45, 2.75) is 39.5 Å². The maximum atomic E-state index is 12.2. The van der Waals surface area contributed by atoms with Gasteiger partial charge in [-0.2, -0.15) is 5.10 Å². The van der Waals surface area contributed by atoms with Gasteiger partial charge in [0.05, 0.1) is 5.69 Å². The molecule has 0 radical (unpaired) electrons. The molecule has 0 atom stereocenters. The molecule has 0 spiro atoms. The Morgan fingerprint density at radius 1 is 1.32 bits per heavy atom. The van der Waals surface area contributed by atoms with Crippen molar-refractivity contribution < 1.29 is 9.59 Å². The van der Waals surface area contributed by atoms with Crippen LogP contribution in [0.25, 0.3) is 0 Å². The molecule has 2 heterocycles. The van der Waals surface area contributed by atoms with E-state index in [0.717, 1.165) is 38.0 Å². The van der Waals surface area contributed by atoms with Crippen molar-refractivity contribution in [2.75, 3.05) is 19.6 Å². The normalized spacial score (nSPS) is 14.6. The van der Waals surface area contributed by atoms with Crippen molar-refractivity contribution in [3.05, 3.63) is 17.5 Å². The number of amides is 2. The summed E-state index contributed by atoms with van der Waals surface area (Å²) in [6, 6.07) is 1.83. The average Bonchev–Trinajstić information content (AvgIpc) is 3.07. The number of nitrogens with zero attached hydrogens (tertiary/aromatic N) is 3. The van der Waals surface area contributed by atoms with E-state index in [9.17, 15) is 9.59 Å². The smallest absolute Gasteiger partial charge is 0.269 e. The summed E-state index contributed by atoms with van der Waals surface area (Å²) in [5, 5.41) is 7.17. The summed E-state index contributed by atoms with van der Waals surface area (Å²) in [7, 11) is 1.77. The van der Waals surface area contributed by atoms with Gasteiger partial charge in [0, 0.05) is 33.1 Å². The Balaban J connectivity index is 1.81. The fourth-order valence-corrected chi connectivity index (χ4v) is 2.76. The summed E-state index contributed by atoms with van der Waals surface area (Å²) in [5.41, 5.74) is 1.47. The monoisotopic (exact) mass is 306 g/mol. The number of rotatable bonds is 6. The lowest BCUT2D eigenvalue weighted by molar-refractivity contribution is -0.129. The molecule has 1 fully saturated rings. The summed E-state index contributed by atoms with van der Waals surface area (Å²) in [6.45, 7) is 6.33. The predicted octanol–water partition coefficient (Wildman–Crippen LogP) is 1.36. The first-order chi connectivity index (χ1) is 10.5. The molecule has 1 aliphatic heterocycles. The standard InChI is InChI=1S/C16H26N4O2/c1-12(2)10-13-11-14(19(3)18-13)16(22)17-7-6-15(21)20-8-4-5-9-20/h11-12H,4-10H2,1-3H3,(H,17,22). The Labute approximate surface area is 131 Å². The van der Waals surface area contributed by atoms with Crippen LogP contribution in [-0.4, -0.2) is 46.1 Å². The molecular weight excluding hydrogens is 280 g/mol. The summed E-state index contributed by atoms with van der Waals surface area (Å²) in [6.07, 6.45) is 3.40. The van der Waals surface area contributed by atoms with Gasteiger partial charge in [0.2, 0.25) is 5.91 Å². The van der Waals surface area contributed by atoms with Crippen molar-refractivity contribution in [2.24, 2.45) is 13.0 Å². The van der Waals surface area contributed by atoms with Crippen LogP contribution in [0.3, 0.4) is 0 Å². The lowest BCUT2D eigenvalue weighted by atomic mass is 10.1. The highest BCUT2D eigenvalue weighted by atomic mass is 16.2. The summed E-state index contributed by atoms with van der Waals surface area (Å²) in [5.74, 6) is 0.464. The highest BCUT2D eigenvalue weighted by molar-refractivity contribution is 5.92. The third-order valence-electron chi connectivity index (χ3n) is 3.86. The van der Waals surface area contributed by atoms with Crippen molar-refractivity contribution in [1.82, 2.24) is 20.0 Å². The molecule has 2 rings (SSSR count). The van der Waals surface area contributed by atoms with Gasteiger partial charge in [0.25, 0.3) is 5.91 Å². The largest absolute Gasteiger partial charge is 0.350 e. The van der Waals surface area contributed by atoms with Gasteiger partial charge in [0.15, 0.2) is 0 Å². The van der Waals surface area contributed by atoms with Gasteiger partial charge in [-0.25, -0.2) is 0 Å². The van der Waals surface area contributed by atoms with Crippen LogP contribution in [0.4, 0.5) is 0 Å². The van der Waals surface area contributed by atoms with Crippen LogP contribution < -0.4 is 5.32 Å². The van der Waals surface area contributed by atoms with Gasteiger partial charge in [-0.1, -0.05) is 13.8 Å². The third kappa shape index (κ3) is 4.32. The SMILES string of the molecule is CC(C)Cc1cc(C(=O)NCCC(=O)N2CCCC2)n(C)n1. The molecule has 122 valence electrons. The minimum atomic E-state index is -0.167. The highest BCUT2D eigenvalue weighted by Gasteiger charge is 2.18.